The van der Waals surface area contributed by atoms with Crippen molar-refractivity contribution in [3.63, 3.8) is 0 Å². The fraction of sp³-hybridized carbons (Fsp3) is 0.526. The number of carbonyl (C=O) groups excluding carboxylic acids is 1. The second-order valence-corrected chi connectivity index (χ2v) is 6.84. The second-order valence-electron chi connectivity index (χ2n) is 6.84. The smallest absolute Gasteiger partial charge is 0.251 e. The molecule has 1 fully saturated rings. The predicted octanol–water partition coefficient (Wildman–Crippen LogP) is 2.11. The zero-order chi connectivity index (χ0) is 17.6. The molecule has 1 aliphatic rings. The quantitative estimate of drug-likeness (QED) is 0.808. The summed E-state index contributed by atoms with van der Waals surface area (Å²) < 4.78 is 1.87. The van der Waals surface area contributed by atoms with Crippen molar-refractivity contribution in [2.75, 3.05) is 6.61 Å². The molecule has 1 aliphatic carbocycles. The van der Waals surface area contributed by atoms with Crippen LogP contribution in [0.2, 0.25) is 0 Å². The minimum Gasteiger partial charge on any atom is -0.396 e. The third-order valence-electron chi connectivity index (χ3n) is 4.96. The summed E-state index contributed by atoms with van der Waals surface area (Å²) in [7, 11) is 0. The molecule has 6 nitrogen and oxygen atoms in total. The average molecular weight is 342 g/mol. The molecule has 2 aromatic rings. The standard InChI is InChI=1S/C19H26N4O2/c1-14-6-2-3-9-17(14)19(25)20-18-10-4-7-15(18)12-23-13-16(21-22-23)8-5-11-24/h2-3,6,9,13,15,18,24H,4-5,7-8,10-12H2,1H3,(H,20,25)/t15-,18-/m1/s1. The summed E-state index contributed by atoms with van der Waals surface area (Å²) in [5, 5.41) is 20.5. The van der Waals surface area contributed by atoms with Crippen molar-refractivity contribution in [1.29, 1.82) is 0 Å². The van der Waals surface area contributed by atoms with Gasteiger partial charge < -0.3 is 10.4 Å². The minimum atomic E-state index is 0.0113. The first kappa shape index (κ1) is 17.6. The molecule has 1 saturated carbocycles. The molecule has 2 N–H and O–H groups in total. The Morgan fingerprint density at radius 2 is 2.20 bits per heavy atom. The van der Waals surface area contributed by atoms with E-state index in [1.165, 1.54) is 0 Å². The van der Waals surface area contributed by atoms with Crippen molar-refractivity contribution in [2.24, 2.45) is 5.92 Å². The van der Waals surface area contributed by atoms with Crippen LogP contribution in [0.4, 0.5) is 0 Å². The molecule has 25 heavy (non-hydrogen) atoms. The number of hydrogen-bond donors (Lipinski definition) is 2. The fourth-order valence-corrected chi connectivity index (χ4v) is 3.56. The minimum absolute atomic E-state index is 0.0113. The van der Waals surface area contributed by atoms with Crippen molar-refractivity contribution in [3.8, 4) is 0 Å². The molecular weight excluding hydrogens is 316 g/mol. The molecule has 1 heterocycles. The number of benzene rings is 1. The van der Waals surface area contributed by atoms with E-state index in [-0.39, 0.29) is 18.6 Å². The van der Waals surface area contributed by atoms with E-state index in [1.807, 2.05) is 42.1 Å². The van der Waals surface area contributed by atoms with Crippen LogP contribution in [0.3, 0.4) is 0 Å². The van der Waals surface area contributed by atoms with E-state index in [0.29, 0.717) is 12.3 Å². The summed E-state index contributed by atoms with van der Waals surface area (Å²) in [6.07, 6.45) is 6.62. The molecule has 6 heteroatoms. The van der Waals surface area contributed by atoms with E-state index in [0.717, 1.165) is 49.0 Å². The van der Waals surface area contributed by atoms with E-state index < -0.39 is 0 Å². The van der Waals surface area contributed by atoms with Crippen LogP contribution in [-0.4, -0.2) is 38.7 Å². The Balaban J connectivity index is 1.60. The Morgan fingerprint density at radius 3 is 3.00 bits per heavy atom. The molecule has 1 aromatic carbocycles. The van der Waals surface area contributed by atoms with Crippen LogP contribution < -0.4 is 5.32 Å². The van der Waals surface area contributed by atoms with Crippen LogP contribution in [0.1, 0.15) is 47.3 Å². The molecule has 0 aliphatic heterocycles. The summed E-state index contributed by atoms with van der Waals surface area (Å²) in [5.74, 6) is 0.387. The van der Waals surface area contributed by atoms with E-state index >= 15 is 0 Å². The predicted molar refractivity (Wildman–Crippen MR) is 95.2 cm³/mol. The number of nitrogens with zero attached hydrogens (tertiary/aromatic N) is 3. The molecule has 0 saturated heterocycles. The van der Waals surface area contributed by atoms with Gasteiger partial charge in [-0.15, -0.1) is 5.10 Å². The highest BCUT2D eigenvalue weighted by molar-refractivity contribution is 5.95. The number of aryl methyl sites for hydroxylation is 2. The van der Waals surface area contributed by atoms with Gasteiger partial charge in [-0.3, -0.25) is 9.48 Å². The zero-order valence-corrected chi connectivity index (χ0v) is 14.7. The lowest BCUT2D eigenvalue weighted by Gasteiger charge is -2.21. The van der Waals surface area contributed by atoms with Crippen molar-refractivity contribution >= 4 is 5.91 Å². The monoisotopic (exact) mass is 342 g/mol. The molecule has 0 bridgehead atoms. The van der Waals surface area contributed by atoms with Crippen LogP contribution in [0, 0.1) is 12.8 Å². The first-order valence-corrected chi connectivity index (χ1v) is 9.03. The Bertz CT molecular complexity index is 713. The zero-order valence-electron chi connectivity index (χ0n) is 14.7. The molecule has 2 atom stereocenters. The Kier molecular flexibility index (Phi) is 5.81. The van der Waals surface area contributed by atoms with Gasteiger partial charge in [0.25, 0.3) is 5.91 Å². The average Bonchev–Trinajstić information content (AvgIpc) is 3.23. The lowest BCUT2D eigenvalue weighted by Crippen LogP contribution is -2.39. The van der Waals surface area contributed by atoms with Gasteiger partial charge in [-0.25, -0.2) is 0 Å². The van der Waals surface area contributed by atoms with Gasteiger partial charge in [0.1, 0.15) is 0 Å². The summed E-state index contributed by atoms with van der Waals surface area (Å²) in [5.41, 5.74) is 2.66. The van der Waals surface area contributed by atoms with Gasteiger partial charge in [0, 0.05) is 31.0 Å². The van der Waals surface area contributed by atoms with Crippen LogP contribution in [0.25, 0.3) is 0 Å². The summed E-state index contributed by atoms with van der Waals surface area (Å²) >= 11 is 0. The van der Waals surface area contributed by atoms with Gasteiger partial charge in [0.2, 0.25) is 0 Å². The second kappa shape index (κ2) is 8.25. The number of hydrogen-bond acceptors (Lipinski definition) is 4. The summed E-state index contributed by atoms with van der Waals surface area (Å²) in [4.78, 5) is 12.6. The van der Waals surface area contributed by atoms with Crippen molar-refractivity contribution < 1.29 is 9.90 Å². The molecule has 134 valence electrons. The third-order valence-corrected chi connectivity index (χ3v) is 4.96. The largest absolute Gasteiger partial charge is 0.396 e. The van der Waals surface area contributed by atoms with Gasteiger partial charge in [-0.1, -0.05) is 29.8 Å². The van der Waals surface area contributed by atoms with Gasteiger partial charge in [-0.05, 0) is 50.2 Å². The van der Waals surface area contributed by atoms with E-state index in [9.17, 15) is 4.79 Å². The third kappa shape index (κ3) is 4.45. The summed E-state index contributed by atoms with van der Waals surface area (Å²) in [6.45, 7) is 2.90. The van der Waals surface area contributed by atoms with Gasteiger partial charge >= 0.3 is 0 Å². The molecular formula is C19H26N4O2. The molecule has 0 unspecified atom stereocenters. The Labute approximate surface area is 148 Å². The molecule has 1 aromatic heterocycles. The van der Waals surface area contributed by atoms with Gasteiger partial charge in [-0.2, -0.15) is 0 Å². The lowest BCUT2D eigenvalue weighted by atomic mass is 10.0. The number of nitrogens with one attached hydrogen (secondary N) is 1. The Morgan fingerprint density at radius 1 is 1.36 bits per heavy atom. The lowest BCUT2D eigenvalue weighted by molar-refractivity contribution is 0.0924. The topological polar surface area (TPSA) is 80.0 Å². The van der Waals surface area contributed by atoms with E-state index in [2.05, 4.69) is 15.6 Å². The highest BCUT2D eigenvalue weighted by atomic mass is 16.2. The highest BCUT2D eigenvalue weighted by Gasteiger charge is 2.29. The summed E-state index contributed by atoms with van der Waals surface area (Å²) in [6, 6.07) is 7.86. The number of aliphatic hydroxyl groups is 1. The molecule has 0 spiro atoms. The van der Waals surface area contributed by atoms with Crippen molar-refractivity contribution in [1.82, 2.24) is 20.3 Å². The maximum Gasteiger partial charge on any atom is 0.251 e. The number of aromatic nitrogens is 3. The van der Waals surface area contributed by atoms with Gasteiger partial charge in [0.15, 0.2) is 0 Å². The number of rotatable bonds is 7. The highest BCUT2D eigenvalue weighted by Crippen LogP contribution is 2.27. The Hall–Kier alpha value is -2.21. The van der Waals surface area contributed by atoms with Crippen LogP contribution in [0.5, 0.6) is 0 Å². The first-order valence-electron chi connectivity index (χ1n) is 9.03. The number of aliphatic hydroxyl groups excluding tert-OH is 1. The van der Waals surface area contributed by atoms with Crippen LogP contribution in [-0.2, 0) is 13.0 Å². The van der Waals surface area contributed by atoms with Gasteiger partial charge in [0.05, 0.1) is 5.69 Å². The van der Waals surface area contributed by atoms with Crippen LogP contribution in [0.15, 0.2) is 30.5 Å². The van der Waals surface area contributed by atoms with Crippen molar-refractivity contribution in [2.45, 2.75) is 51.6 Å². The van der Waals surface area contributed by atoms with Crippen molar-refractivity contribution in [3.05, 3.63) is 47.3 Å². The molecule has 0 radical (unpaired) electrons. The fourth-order valence-electron chi connectivity index (χ4n) is 3.56. The molecule has 3 rings (SSSR count). The number of amides is 1. The maximum atomic E-state index is 12.6. The van der Waals surface area contributed by atoms with Crippen LogP contribution >= 0.6 is 0 Å². The van der Waals surface area contributed by atoms with E-state index in [1.54, 1.807) is 0 Å². The van der Waals surface area contributed by atoms with E-state index in [4.69, 9.17) is 5.11 Å². The maximum absolute atomic E-state index is 12.6. The molecule has 1 amide bonds. The number of carbonyl (C=O) groups is 1. The first-order chi connectivity index (χ1) is 12.2. The SMILES string of the molecule is Cc1ccccc1C(=O)N[C@@H]1CCC[C@@H]1Cn1cc(CCCO)nn1. The normalized spacial score (nSPS) is 19.9.